The van der Waals surface area contributed by atoms with Gasteiger partial charge in [-0.3, -0.25) is 0 Å². The van der Waals surface area contributed by atoms with Crippen LogP contribution < -0.4 is 5.32 Å². The molecule has 16 heavy (non-hydrogen) atoms. The van der Waals surface area contributed by atoms with E-state index in [1.54, 1.807) is 6.07 Å². The zero-order chi connectivity index (χ0) is 12.3. The molecule has 1 rings (SSSR count). The van der Waals surface area contributed by atoms with Crippen LogP contribution in [-0.4, -0.2) is 16.6 Å². The van der Waals surface area contributed by atoms with Gasteiger partial charge in [0.1, 0.15) is 5.76 Å². The molecule has 0 amide bonds. The Hall–Kier alpha value is -1.29. The van der Waals surface area contributed by atoms with Gasteiger partial charge in [0.05, 0.1) is 6.04 Å². The van der Waals surface area contributed by atoms with Crippen LogP contribution in [0.2, 0.25) is 0 Å². The summed E-state index contributed by atoms with van der Waals surface area (Å²) in [6.07, 6.45) is 0.990. The number of hydrogen-bond acceptors (Lipinski definition) is 3. The smallest absolute Gasteiger partial charge is 0.371 e. The highest BCUT2D eigenvalue weighted by Gasteiger charge is 2.21. The van der Waals surface area contributed by atoms with Crippen molar-refractivity contribution in [2.45, 2.75) is 45.7 Å². The molecule has 0 aromatic carbocycles. The predicted octanol–water partition coefficient (Wildman–Crippen LogP) is 2.82. The summed E-state index contributed by atoms with van der Waals surface area (Å²) in [5.41, 5.74) is 0.00952. The number of furan rings is 1. The van der Waals surface area contributed by atoms with Crippen molar-refractivity contribution in [3.05, 3.63) is 23.7 Å². The van der Waals surface area contributed by atoms with E-state index in [9.17, 15) is 4.79 Å². The number of nitrogens with one attached hydrogen (secondary N) is 1. The molecule has 0 radical (unpaired) electrons. The monoisotopic (exact) mass is 225 g/mol. The first kappa shape index (κ1) is 12.8. The molecule has 0 aliphatic heterocycles. The summed E-state index contributed by atoms with van der Waals surface area (Å²) in [4.78, 5) is 10.7. The zero-order valence-corrected chi connectivity index (χ0v) is 10.2. The van der Waals surface area contributed by atoms with Gasteiger partial charge in [0.2, 0.25) is 5.76 Å². The first-order chi connectivity index (χ1) is 7.35. The van der Waals surface area contributed by atoms with Crippen LogP contribution in [0.15, 0.2) is 16.5 Å². The van der Waals surface area contributed by atoms with Crippen molar-refractivity contribution in [1.82, 2.24) is 5.32 Å². The highest BCUT2D eigenvalue weighted by molar-refractivity contribution is 5.84. The minimum absolute atomic E-state index is 0.00282. The summed E-state index contributed by atoms with van der Waals surface area (Å²) in [7, 11) is 0. The molecule has 1 aromatic rings. The molecule has 2 N–H and O–H groups in total. The summed E-state index contributed by atoms with van der Waals surface area (Å²) in [5.74, 6) is -0.398. The Morgan fingerprint density at radius 3 is 2.62 bits per heavy atom. The third-order valence-electron chi connectivity index (χ3n) is 2.76. The predicted molar refractivity (Wildman–Crippen MR) is 61.6 cm³/mol. The molecule has 1 unspecified atom stereocenters. The topological polar surface area (TPSA) is 62.5 Å². The first-order valence-electron chi connectivity index (χ1n) is 5.46. The molecule has 1 aromatic heterocycles. The Morgan fingerprint density at radius 1 is 1.56 bits per heavy atom. The fourth-order valence-electron chi connectivity index (χ4n) is 1.46. The second kappa shape index (κ2) is 4.70. The lowest BCUT2D eigenvalue weighted by molar-refractivity contribution is 0.0659. The molecule has 1 atom stereocenters. The third-order valence-corrected chi connectivity index (χ3v) is 2.76. The van der Waals surface area contributed by atoms with Crippen LogP contribution in [-0.2, 0) is 0 Å². The molecule has 90 valence electrons. The van der Waals surface area contributed by atoms with Gasteiger partial charge in [-0.2, -0.15) is 0 Å². The Balaban J connectivity index is 2.73. The number of rotatable bonds is 5. The fraction of sp³-hybridized carbons (Fsp3) is 0.583. The van der Waals surface area contributed by atoms with E-state index in [-0.39, 0.29) is 17.3 Å². The van der Waals surface area contributed by atoms with Crippen LogP contribution in [0.4, 0.5) is 0 Å². The van der Waals surface area contributed by atoms with Crippen LogP contribution in [0.3, 0.4) is 0 Å². The molecule has 0 saturated carbocycles. The maximum atomic E-state index is 10.7. The number of carboxylic acids is 1. The average molecular weight is 225 g/mol. The average Bonchev–Trinajstić information content (AvgIpc) is 2.66. The molecule has 0 spiro atoms. The normalized spacial score (nSPS) is 13.8. The van der Waals surface area contributed by atoms with Crippen molar-refractivity contribution in [3.8, 4) is 0 Å². The van der Waals surface area contributed by atoms with Crippen molar-refractivity contribution in [2.75, 3.05) is 0 Å². The Morgan fingerprint density at radius 2 is 2.19 bits per heavy atom. The Kier molecular flexibility index (Phi) is 3.75. The summed E-state index contributed by atoms with van der Waals surface area (Å²) in [6, 6.07) is 3.19. The van der Waals surface area contributed by atoms with Crippen molar-refractivity contribution in [2.24, 2.45) is 0 Å². The van der Waals surface area contributed by atoms with Crippen molar-refractivity contribution in [3.63, 3.8) is 0 Å². The molecule has 0 aliphatic rings. The highest BCUT2D eigenvalue weighted by Crippen LogP contribution is 2.20. The van der Waals surface area contributed by atoms with Gasteiger partial charge in [-0.05, 0) is 39.3 Å². The summed E-state index contributed by atoms with van der Waals surface area (Å²) < 4.78 is 5.24. The summed E-state index contributed by atoms with van der Waals surface area (Å²) >= 11 is 0. The van der Waals surface area contributed by atoms with E-state index in [4.69, 9.17) is 9.52 Å². The van der Waals surface area contributed by atoms with E-state index in [0.717, 1.165) is 6.42 Å². The molecule has 0 bridgehead atoms. The quantitative estimate of drug-likeness (QED) is 0.808. The van der Waals surface area contributed by atoms with Gasteiger partial charge in [0.25, 0.3) is 0 Å². The van der Waals surface area contributed by atoms with Gasteiger partial charge in [-0.25, -0.2) is 4.79 Å². The highest BCUT2D eigenvalue weighted by atomic mass is 16.4. The molecule has 0 aliphatic carbocycles. The summed E-state index contributed by atoms with van der Waals surface area (Å²) in [6.45, 7) is 8.27. The van der Waals surface area contributed by atoms with Crippen molar-refractivity contribution in [1.29, 1.82) is 0 Å². The minimum atomic E-state index is -1.03. The van der Waals surface area contributed by atoms with E-state index in [0.29, 0.717) is 5.76 Å². The van der Waals surface area contributed by atoms with Crippen molar-refractivity contribution >= 4 is 5.97 Å². The second-order valence-corrected chi connectivity index (χ2v) is 4.61. The SMILES string of the molecule is CCC(C)(C)NC(C)c1ccc(C(=O)O)o1. The molecule has 0 fully saturated rings. The second-order valence-electron chi connectivity index (χ2n) is 4.61. The zero-order valence-electron chi connectivity index (χ0n) is 10.2. The molecular formula is C12H19NO3. The van der Waals surface area contributed by atoms with Gasteiger partial charge in [-0.15, -0.1) is 0 Å². The maximum absolute atomic E-state index is 10.7. The van der Waals surface area contributed by atoms with Gasteiger partial charge in [-0.1, -0.05) is 6.92 Å². The van der Waals surface area contributed by atoms with E-state index < -0.39 is 5.97 Å². The largest absolute Gasteiger partial charge is 0.475 e. The number of carbonyl (C=O) groups is 1. The third kappa shape index (κ3) is 3.10. The number of hydrogen-bond donors (Lipinski definition) is 2. The van der Waals surface area contributed by atoms with E-state index >= 15 is 0 Å². The molecule has 0 saturated heterocycles. The van der Waals surface area contributed by atoms with E-state index in [1.807, 2.05) is 6.92 Å². The molecular weight excluding hydrogens is 206 g/mol. The van der Waals surface area contributed by atoms with Gasteiger partial charge in [0.15, 0.2) is 0 Å². The summed E-state index contributed by atoms with van der Waals surface area (Å²) in [5, 5.41) is 12.1. The van der Waals surface area contributed by atoms with Crippen LogP contribution >= 0.6 is 0 Å². The molecule has 1 heterocycles. The fourth-order valence-corrected chi connectivity index (χ4v) is 1.46. The van der Waals surface area contributed by atoms with Gasteiger partial charge >= 0.3 is 5.97 Å². The lowest BCUT2D eigenvalue weighted by atomic mass is 10.0. The van der Waals surface area contributed by atoms with Gasteiger partial charge < -0.3 is 14.8 Å². The van der Waals surface area contributed by atoms with Crippen LogP contribution in [0.25, 0.3) is 0 Å². The van der Waals surface area contributed by atoms with Gasteiger partial charge in [0, 0.05) is 5.54 Å². The standard InChI is InChI=1S/C12H19NO3/c1-5-12(3,4)13-8(2)9-6-7-10(16-9)11(14)15/h6-8,13H,5H2,1-4H3,(H,14,15). The Labute approximate surface area is 95.7 Å². The van der Waals surface area contributed by atoms with Crippen molar-refractivity contribution < 1.29 is 14.3 Å². The van der Waals surface area contributed by atoms with E-state index in [2.05, 4.69) is 26.1 Å². The van der Waals surface area contributed by atoms with E-state index in [1.165, 1.54) is 6.07 Å². The lowest BCUT2D eigenvalue weighted by Gasteiger charge is -2.28. The maximum Gasteiger partial charge on any atom is 0.371 e. The van der Waals surface area contributed by atoms with Crippen LogP contribution in [0.1, 0.15) is 56.5 Å². The number of carboxylic acid groups (broad SMARTS) is 1. The molecule has 4 nitrogen and oxygen atoms in total. The molecule has 4 heteroatoms. The van der Waals surface area contributed by atoms with Crippen LogP contribution in [0, 0.1) is 0 Å². The Bertz CT molecular complexity index is 368. The minimum Gasteiger partial charge on any atom is -0.475 e. The number of aromatic carboxylic acids is 1. The van der Waals surface area contributed by atoms with Crippen LogP contribution in [0.5, 0.6) is 0 Å². The lowest BCUT2D eigenvalue weighted by Crippen LogP contribution is -2.39. The first-order valence-corrected chi connectivity index (χ1v) is 5.46.